The third kappa shape index (κ3) is 5.55. The van der Waals surface area contributed by atoms with Gasteiger partial charge < -0.3 is 54.7 Å². The SMILES string of the molecule is CC1(C)CC[C@]2(C(=O)O)[C@H](O)C[C@]3(C)C(=CC[C@@H]4[C@@]5(C)CC[C@H](O[C@@H]6OC[C@H](O[C@@H]7OC[C@H](O)[C@H](O)[C@H]7O)[C@H](O)[C@H]6O)C(C)(C)[C@@H]5CC[C@]43C)[C@@H]2C1. The lowest BCUT2D eigenvalue weighted by atomic mass is 9.33. The van der Waals surface area contributed by atoms with E-state index >= 15 is 0 Å². The largest absolute Gasteiger partial charge is 0.481 e. The second-order valence-electron chi connectivity index (χ2n) is 19.9. The molecule has 0 amide bonds. The number of ether oxygens (including phenoxy) is 4. The lowest BCUT2D eigenvalue weighted by molar-refractivity contribution is -0.341. The van der Waals surface area contributed by atoms with Crippen molar-refractivity contribution in [1.82, 2.24) is 0 Å². The molecule has 7 N–H and O–H groups in total. The maximum Gasteiger partial charge on any atom is 0.312 e. The van der Waals surface area contributed by atoms with E-state index in [1.165, 1.54) is 5.57 Å². The van der Waals surface area contributed by atoms with Gasteiger partial charge in [0, 0.05) is 0 Å². The van der Waals surface area contributed by atoms with Gasteiger partial charge in [0.15, 0.2) is 12.6 Å². The van der Waals surface area contributed by atoms with Crippen LogP contribution in [0, 0.1) is 50.2 Å². The molecule has 2 heterocycles. The summed E-state index contributed by atoms with van der Waals surface area (Å²) in [4.78, 5) is 13.1. The first-order chi connectivity index (χ1) is 24.1. The molecular formula is C40H64O12. The summed E-state index contributed by atoms with van der Waals surface area (Å²) in [5.74, 6) is -0.439. The fourth-order valence-electron chi connectivity index (χ4n) is 13.2. The minimum atomic E-state index is -1.54. The van der Waals surface area contributed by atoms with Crippen LogP contribution in [-0.4, -0.2) is 116 Å². The molecule has 7 aliphatic rings. The Bertz CT molecular complexity index is 1420. The van der Waals surface area contributed by atoms with Crippen LogP contribution in [0.5, 0.6) is 0 Å². The summed E-state index contributed by atoms with van der Waals surface area (Å²) in [6.07, 6.45) is -2.41. The van der Waals surface area contributed by atoms with E-state index in [-0.39, 0.29) is 58.2 Å². The molecular weight excluding hydrogens is 672 g/mol. The van der Waals surface area contributed by atoms with Crippen LogP contribution in [0.15, 0.2) is 11.6 Å². The Morgan fingerprint density at radius 2 is 1.40 bits per heavy atom. The highest BCUT2D eigenvalue weighted by molar-refractivity contribution is 5.77. The molecule has 0 bridgehead atoms. The van der Waals surface area contributed by atoms with Gasteiger partial charge in [0.2, 0.25) is 0 Å². The predicted octanol–water partition coefficient (Wildman–Crippen LogP) is 3.13. The number of allylic oxidation sites excluding steroid dienone is 2. The van der Waals surface area contributed by atoms with Gasteiger partial charge in [-0.05, 0) is 103 Å². The predicted molar refractivity (Wildman–Crippen MR) is 187 cm³/mol. The highest BCUT2D eigenvalue weighted by atomic mass is 16.7. The van der Waals surface area contributed by atoms with Crippen LogP contribution in [0.2, 0.25) is 0 Å². The monoisotopic (exact) mass is 736 g/mol. The first-order valence-corrected chi connectivity index (χ1v) is 19.7. The Morgan fingerprint density at radius 3 is 2.10 bits per heavy atom. The molecule has 2 aliphatic heterocycles. The molecule has 17 atom stereocenters. The molecule has 0 radical (unpaired) electrons. The van der Waals surface area contributed by atoms with Gasteiger partial charge >= 0.3 is 5.97 Å². The van der Waals surface area contributed by atoms with Crippen molar-refractivity contribution in [2.24, 2.45) is 50.2 Å². The molecule has 0 aromatic heterocycles. The van der Waals surface area contributed by atoms with Gasteiger partial charge in [-0.3, -0.25) is 4.79 Å². The summed E-state index contributed by atoms with van der Waals surface area (Å²) < 4.78 is 23.5. The number of rotatable bonds is 5. The summed E-state index contributed by atoms with van der Waals surface area (Å²) >= 11 is 0. The summed E-state index contributed by atoms with van der Waals surface area (Å²) in [6.45, 7) is 15.7. The van der Waals surface area contributed by atoms with Gasteiger partial charge in [0.25, 0.3) is 0 Å². The normalized spacial score (nSPS) is 54.1. The van der Waals surface area contributed by atoms with E-state index in [2.05, 4.69) is 54.5 Å². The second-order valence-corrected chi connectivity index (χ2v) is 19.9. The fraction of sp³-hybridized carbons (Fsp3) is 0.925. The molecule has 52 heavy (non-hydrogen) atoms. The maximum atomic E-state index is 13.1. The van der Waals surface area contributed by atoms with E-state index in [4.69, 9.17) is 18.9 Å². The molecule has 7 rings (SSSR count). The highest BCUT2D eigenvalue weighted by Crippen LogP contribution is 2.76. The molecule has 12 nitrogen and oxygen atoms in total. The molecule has 12 heteroatoms. The van der Waals surface area contributed by atoms with Gasteiger partial charge in [-0.15, -0.1) is 0 Å². The van der Waals surface area contributed by atoms with E-state index in [9.17, 15) is 40.5 Å². The van der Waals surface area contributed by atoms with Crippen LogP contribution in [0.25, 0.3) is 0 Å². The lowest BCUT2D eigenvalue weighted by Crippen LogP contribution is -2.67. The van der Waals surface area contributed by atoms with Gasteiger partial charge in [-0.25, -0.2) is 0 Å². The van der Waals surface area contributed by atoms with Crippen LogP contribution < -0.4 is 0 Å². The van der Waals surface area contributed by atoms with Crippen molar-refractivity contribution in [3.63, 3.8) is 0 Å². The number of aliphatic hydroxyl groups excluding tert-OH is 6. The number of aliphatic hydroxyl groups is 6. The Hall–Kier alpha value is -1.19. The number of hydrogen-bond donors (Lipinski definition) is 7. The van der Waals surface area contributed by atoms with Crippen molar-refractivity contribution in [3.8, 4) is 0 Å². The minimum Gasteiger partial charge on any atom is -0.481 e. The molecule has 0 aromatic carbocycles. The molecule has 5 aliphatic carbocycles. The third-order valence-electron chi connectivity index (χ3n) is 16.5. The Morgan fingerprint density at radius 1 is 0.750 bits per heavy atom. The van der Waals surface area contributed by atoms with Crippen LogP contribution in [0.3, 0.4) is 0 Å². The summed E-state index contributed by atoms with van der Waals surface area (Å²) in [6, 6.07) is 0. The molecule has 0 aromatic rings. The average Bonchev–Trinajstić information content (AvgIpc) is 3.05. The standard InChI is InChI=1S/C40H64O12/c1-35(2)14-15-40(34(47)48)21(16-35)20-8-9-25-37(5)12-11-27(36(3,4)24(37)10-13-38(25,6)39(20,7)17-26(40)42)52-33-31(46)29(44)23(19-50-33)51-32-30(45)28(43)22(41)18-49-32/h8,21-33,41-46H,9-19H2,1-7H3,(H,47,48)/t21-,22-,23-,24-,25+,26+,27-,28-,29-,30+,31+,32-,33-,37-,38+,39+,40+/m0/s1. The first-order valence-electron chi connectivity index (χ1n) is 19.7. The molecule has 296 valence electrons. The Kier molecular flexibility index (Phi) is 9.71. The molecule has 4 saturated carbocycles. The second kappa shape index (κ2) is 12.9. The topological polar surface area (TPSA) is 196 Å². The van der Waals surface area contributed by atoms with Gasteiger partial charge in [0.05, 0.1) is 25.4 Å². The zero-order valence-corrected chi connectivity index (χ0v) is 32.0. The number of aliphatic carboxylic acids is 1. The van der Waals surface area contributed by atoms with E-state index in [1.807, 2.05) is 0 Å². The zero-order valence-electron chi connectivity index (χ0n) is 32.0. The quantitative estimate of drug-likeness (QED) is 0.161. The van der Waals surface area contributed by atoms with Crippen molar-refractivity contribution in [2.45, 2.75) is 168 Å². The average molecular weight is 737 g/mol. The number of carboxylic acids is 1. The van der Waals surface area contributed by atoms with E-state index in [1.54, 1.807) is 0 Å². The zero-order chi connectivity index (χ0) is 38.0. The Labute approximate surface area is 307 Å². The number of carbonyl (C=O) groups is 1. The highest BCUT2D eigenvalue weighted by Gasteiger charge is 2.71. The van der Waals surface area contributed by atoms with E-state index in [0.717, 1.165) is 44.9 Å². The third-order valence-corrected chi connectivity index (χ3v) is 16.5. The van der Waals surface area contributed by atoms with Crippen molar-refractivity contribution in [1.29, 1.82) is 0 Å². The van der Waals surface area contributed by atoms with Crippen molar-refractivity contribution in [2.75, 3.05) is 13.2 Å². The number of carboxylic acid groups (broad SMARTS) is 1. The van der Waals surface area contributed by atoms with Crippen LogP contribution >= 0.6 is 0 Å². The van der Waals surface area contributed by atoms with Crippen LogP contribution in [-0.2, 0) is 23.7 Å². The minimum absolute atomic E-state index is 0.00613. The molecule has 6 fully saturated rings. The summed E-state index contributed by atoms with van der Waals surface area (Å²) in [7, 11) is 0. The first kappa shape index (κ1) is 39.1. The van der Waals surface area contributed by atoms with E-state index < -0.39 is 66.7 Å². The summed E-state index contributed by atoms with van der Waals surface area (Å²) in [5.41, 5.74) is -0.684. The summed E-state index contributed by atoms with van der Waals surface area (Å²) in [5, 5.41) is 74.9. The van der Waals surface area contributed by atoms with Crippen LogP contribution in [0.4, 0.5) is 0 Å². The molecule has 0 spiro atoms. The maximum absolute atomic E-state index is 13.1. The van der Waals surface area contributed by atoms with Gasteiger partial charge in [0.1, 0.15) is 42.0 Å². The van der Waals surface area contributed by atoms with E-state index in [0.29, 0.717) is 18.8 Å². The smallest absolute Gasteiger partial charge is 0.312 e. The van der Waals surface area contributed by atoms with Crippen LogP contribution in [0.1, 0.15) is 106 Å². The number of hydrogen-bond acceptors (Lipinski definition) is 11. The number of fused-ring (bicyclic) bond motifs is 7. The van der Waals surface area contributed by atoms with Gasteiger partial charge in [-0.1, -0.05) is 60.1 Å². The fourth-order valence-corrected chi connectivity index (χ4v) is 13.2. The van der Waals surface area contributed by atoms with Crippen molar-refractivity contribution < 1.29 is 59.5 Å². The van der Waals surface area contributed by atoms with Gasteiger partial charge in [-0.2, -0.15) is 0 Å². The molecule has 0 unspecified atom stereocenters. The Balaban J connectivity index is 1.08. The van der Waals surface area contributed by atoms with Crippen molar-refractivity contribution in [3.05, 3.63) is 11.6 Å². The molecule has 2 saturated heterocycles. The van der Waals surface area contributed by atoms with Crippen molar-refractivity contribution >= 4 is 5.97 Å². The lowest BCUT2D eigenvalue weighted by Gasteiger charge is -2.71.